The molecule has 0 aliphatic heterocycles. The van der Waals surface area contributed by atoms with Crippen molar-refractivity contribution >= 4 is 12.0 Å². The summed E-state index contributed by atoms with van der Waals surface area (Å²) in [5, 5.41) is 12.1. The zero-order valence-corrected chi connectivity index (χ0v) is 8.90. The van der Waals surface area contributed by atoms with E-state index < -0.39 is 6.09 Å². The minimum absolute atomic E-state index is 0.0906. The van der Waals surface area contributed by atoms with E-state index in [9.17, 15) is 9.59 Å². The summed E-state index contributed by atoms with van der Waals surface area (Å²) in [6, 6.07) is -0.110. The van der Waals surface area contributed by atoms with Crippen LogP contribution in [0.2, 0.25) is 0 Å². The van der Waals surface area contributed by atoms with E-state index in [4.69, 9.17) is 9.94 Å². The number of nitrogens with zero attached hydrogens (tertiary/aromatic N) is 1. The molecule has 0 bridgehead atoms. The van der Waals surface area contributed by atoms with Crippen molar-refractivity contribution in [3.63, 3.8) is 0 Å². The van der Waals surface area contributed by atoms with Crippen molar-refractivity contribution in [3.8, 4) is 0 Å². The molecule has 2 amide bonds. The molecule has 0 heterocycles. The summed E-state index contributed by atoms with van der Waals surface area (Å²) in [7, 11) is 2.99. The lowest BCUT2D eigenvalue weighted by atomic mass is 10.1. The van der Waals surface area contributed by atoms with Crippen molar-refractivity contribution < 1.29 is 19.5 Å². The molecule has 1 aliphatic rings. The monoisotopic (exact) mass is 216 g/mol. The molecule has 1 fully saturated rings. The topological polar surface area (TPSA) is 78.9 Å². The number of rotatable bonds is 3. The Morgan fingerprint density at radius 1 is 1.47 bits per heavy atom. The highest BCUT2D eigenvalue weighted by molar-refractivity contribution is 5.78. The Morgan fingerprint density at radius 3 is 2.67 bits per heavy atom. The van der Waals surface area contributed by atoms with Crippen LogP contribution in [0.3, 0.4) is 0 Å². The summed E-state index contributed by atoms with van der Waals surface area (Å²) < 4.78 is 0. The maximum atomic E-state index is 11.6. The number of carbonyl (C=O) groups excluding carboxylic acids is 1. The third-order valence-electron chi connectivity index (χ3n) is 2.69. The quantitative estimate of drug-likeness (QED) is 0.671. The van der Waals surface area contributed by atoms with Gasteiger partial charge >= 0.3 is 6.09 Å². The van der Waals surface area contributed by atoms with E-state index in [1.165, 1.54) is 12.2 Å². The van der Waals surface area contributed by atoms with E-state index in [0.717, 1.165) is 0 Å². The standard InChI is InChI=1S/C9H16N2O4/c1-11(15-2)8(12)6-3-4-7(5-6)10-9(13)14/h6-7,10H,3-5H2,1-2H3,(H,13,14)/t6-,7+/m1/s1. The molecule has 6 heteroatoms. The average Bonchev–Trinajstić information content (AvgIpc) is 2.63. The largest absolute Gasteiger partial charge is 0.465 e. The van der Waals surface area contributed by atoms with E-state index in [1.54, 1.807) is 7.05 Å². The molecular weight excluding hydrogens is 200 g/mol. The molecule has 2 atom stereocenters. The highest BCUT2D eigenvalue weighted by atomic mass is 16.7. The first-order valence-corrected chi connectivity index (χ1v) is 4.85. The summed E-state index contributed by atoms with van der Waals surface area (Å²) in [5.41, 5.74) is 0. The summed E-state index contributed by atoms with van der Waals surface area (Å²) >= 11 is 0. The van der Waals surface area contributed by atoms with Gasteiger partial charge in [-0.1, -0.05) is 0 Å². The van der Waals surface area contributed by atoms with Gasteiger partial charge in [0.2, 0.25) is 5.91 Å². The zero-order valence-electron chi connectivity index (χ0n) is 8.90. The first kappa shape index (κ1) is 11.8. The van der Waals surface area contributed by atoms with Gasteiger partial charge in [0.15, 0.2) is 0 Å². The van der Waals surface area contributed by atoms with Gasteiger partial charge in [0.05, 0.1) is 7.11 Å². The van der Waals surface area contributed by atoms with Crippen LogP contribution in [-0.2, 0) is 9.63 Å². The molecule has 1 aliphatic carbocycles. The van der Waals surface area contributed by atoms with Crippen LogP contribution in [0.25, 0.3) is 0 Å². The molecule has 1 saturated carbocycles. The first-order valence-electron chi connectivity index (χ1n) is 4.85. The highest BCUT2D eigenvalue weighted by Gasteiger charge is 2.32. The lowest BCUT2D eigenvalue weighted by molar-refractivity contribution is -0.173. The summed E-state index contributed by atoms with van der Waals surface area (Å²) in [6.07, 6.45) is 0.935. The molecule has 1 rings (SSSR count). The molecule has 6 nitrogen and oxygen atoms in total. The predicted octanol–water partition coefficient (Wildman–Crippen LogP) is 0.442. The number of carboxylic acid groups (broad SMARTS) is 1. The van der Waals surface area contributed by atoms with E-state index in [2.05, 4.69) is 5.32 Å². The Kier molecular flexibility index (Phi) is 3.90. The fourth-order valence-electron chi connectivity index (χ4n) is 1.86. The SMILES string of the molecule is CON(C)C(=O)[C@@H]1CC[C@H](NC(=O)O)C1. The van der Waals surface area contributed by atoms with Gasteiger partial charge in [-0.15, -0.1) is 0 Å². The Hall–Kier alpha value is -1.30. The predicted molar refractivity (Wildman–Crippen MR) is 52.1 cm³/mol. The number of hydrogen-bond donors (Lipinski definition) is 2. The molecule has 0 unspecified atom stereocenters. The molecule has 0 aromatic rings. The first-order chi connectivity index (χ1) is 7.04. The zero-order chi connectivity index (χ0) is 11.4. The molecule has 0 aromatic heterocycles. The van der Waals surface area contributed by atoms with Crippen LogP contribution < -0.4 is 5.32 Å². The van der Waals surface area contributed by atoms with Crippen molar-refractivity contribution in [1.29, 1.82) is 0 Å². The lowest BCUT2D eigenvalue weighted by Gasteiger charge is -2.18. The highest BCUT2D eigenvalue weighted by Crippen LogP contribution is 2.26. The minimum Gasteiger partial charge on any atom is -0.465 e. The number of carbonyl (C=O) groups is 2. The smallest absolute Gasteiger partial charge is 0.404 e. The number of amides is 2. The van der Waals surface area contributed by atoms with Gasteiger partial charge in [0.25, 0.3) is 0 Å². The molecule has 86 valence electrons. The van der Waals surface area contributed by atoms with Crippen LogP contribution in [0.4, 0.5) is 4.79 Å². The Morgan fingerprint density at radius 2 is 2.13 bits per heavy atom. The van der Waals surface area contributed by atoms with E-state index in [0.29, 0.717) is 19.3 Å². The van der Waals surface area contributed by atoms with E-state index in [1.807, 2.05) is 0 Å². The van der Waals surface area contributed by atoms with Crippen LogP contribution >= 0.6 is 0 Å². The number of nitrogens with one attached hydrogen (secondary N) is 1. The van der Waals surface area contributed by atoms with Gasteiger partial charge < -0.3 is 10.4 Å². The van der Waals surface area contributed by atoms with Crippen LogP contribution in [0.5, 0.6) is 0 Å². The van der Waals surface area contributed by atoms with Gasteiger partial charge in [-0.3, -0.25) is 9.63 Å². The summed E-state index contributed by atoms with van der Waals surface area (Å²) in [6.45, 7) is 0. The van der Waals surface area contributed by atoms with Gasteiger partial charge in [-0.2, -0.15) is 0 Å². The second-order valence-corrected chi connectivity index (χ2v) is 3.67. The van der Waals surface area contributed by atoms with Crippen LogP contribution in [-0.4, -0.2) is 42.4 Å². The third kappa shape index (κ3) is 3.09. The van der Waals surface area contributed by atoms with Gasteiger partial charge in [0, 0.05) is 19.0 Å². The molecule has 0 spiro atoms. The fraction of sp³-hybridized carbons (Fsp3) is 0.778. The van der Waals surface area contributed by atoms with Crippen molar-refractivity contribution in [1.82, 2.24) is 10.4 Å². The van der Waals surface area contributed by atoms with Gasteiger partial charge in [-0.25, -0.2) is 9.86 Å². The maximum absolute atomic E-state index is 11.6. The van der Waals surface area contributed by atoms with Crippen molar-refractivity contribution in [2.24, 2.45) is 5.92 Å². The van der Waals surface area contributed by atoms with E-state index >= 15 is 0 Å². The van der Waals surface area contributed by atoms with Gasteiger partial charge in [0.1, 0.15) is 0 Å². The average molecular weight is 216 g/mol. The number of hydroxylamine groups is 2. The second kappa shape index (κ2) is 4.97. The lowest BCUT2D eigenvalue weighted by Crippen LogP contribution is -2.34. The van der Waals surface area contributed by atoms with Crippen LogP contribution in [0.15, 0.2) is 0 Å². The molecule has 2 N–H and O–H groups in total. The summed E-state index contributed by atoms with van der Waals surface area (Å²) in [4.78, 5) is 26.8. The summed E-state index contributed by atoms with van der Waals surface area (Å²) in [5.74, 6) is -0.223. The van der Waals surface area contributed by atoms with Crippen molar-refractivity contribution in [3.05, 3.63) is 0 Å². The van der Waals surface area contributed by atoms with Gasteiger partial charge in [-0.05, 0) is 19.3 Å². The Balaban J connectivity index is 2.42. The normalized spacial score (nSPS) is 24.9. The van der Waals surface area contributed by atoms with Crippen LogP contribution in [0, 0.1) is 5.92 Å². The maximum Gasteiger partial charge on any atom is 0.404 e. The molecule has 0 aromatic carbocycles. The Labute approximate surface area is 88.1 Å². The molecule has 0 radical (unpaired) electrons. The van der Waals surface area contributed by atoms with E-state index in [-0.39, 0.29) is 17.9 Å². The fourth-order valence-corrected chi connectivity index (χ4v) is 1.86. The van der Waals surface area contributed by atoms with Crippen LogP contribution in [0.1, 0.15) is 19.3 Å². The van der Waals surface area contributed by atoms with Crippen molar-refractivity contribution in [2.45, 2.75) is 25.3 Å². The second-order valence-electron chi connectivity index (χ2n) is 3.67. The third-order valence-corrected chi connectivity index (χ3v) is 2.69. The van der Waals surface area contributed by atoms with Crippen molar-refractivity contribution in [2.75, 3.05) is 14.2 Å². The Bertz CT molecular complexity index is 256. The molecule has 15 heavy (non-hydrogen) atoms. The minimum atomic E-state index is -1.03. The molecular formula is C9H16N2O4. The number of hydrogen-bond acceptors (Lipinski definition) is 3. The molecule has 0 saturated heterocycles.